The second-order valence-corrected chi connectivity index (χ2v) is 8.74. The minimum absolute atomic E-state index is 0.0491. The molecule has 33 heavy (non-hydrogen) atoms. The summed E-state index contributed by atoms with van der Waals surface area (Å²) < 4.78 is 5.31. The van der Waals surface area contributed by atoms with E-state index in [-0.39, 0.29) is 12.2 Å². The van der Waals surface area contributed by atoms with Crippen LogP contribution >= 0.6 is 0 Å². The maximum absolute atomic E-state index is 12.9. The number of carboxylic acids is 1. The molecule has 2 aromatic carbocycles. The van der Waals surface area contributed by atoms with Gasteiger partial charge in [-0.15, -0.1) is 0 Å². The van der Waals surface area contributed by atoms with Gasteiger partial charge in [0.1, 0.15) is 5.60 Å². The largest absolute Gasteiger partial charge is 0.481 e. The predicted octanol–water partition coefficient (Wildman–Crippen LogP) is 4.66. The molecule has 172 valence electrons. The quantitative estimate of drug-likeness (QED) is 0.588. The second-order valence-electron chi connectivity index (χ2n) is 8.74. The third-order valence-electron chi connectivity index (χ3n) is 4.82. The highest BCUT2D eigenvalue weighted by molar-refractivity contribution is 6.08. The first-order chi connectivity index (χ1) is 15.5. The summed E-state index contributed by atoms with van der Waals surface area (Å²) >= 11 is 0. The molecule has 0 saturated heterocycles. The van der Waals surface area contributed by atoms with Crippen LogP contribution in [0.3, 0.4) is 0 Å². The molecule has 1 aliphatic carbocycles. The molecule has 3 rings (SSSR count). The molecule has 8 nitrogen and oxygen atoms in total. The van der Waals surface area contributed by atoms with E-state index in [1.807, 2.05) is 0 Å². The van der Waals surface area contributed by atoms with E-state index < -0.39 is 23.6 Å². The molecule has 0 aliphatic heterocycles. The van der Waals surface area contributed by atoms with Crippen molar-refractivity contribution in [3.05, 3.63) is 65.2 Å². The molecule has 0 spiro atoms. The average molecular weight is 450 g/mol. The number of anilines is 2. The smallest absolute Gasteiger partial charge is 0.412 e. The van der Waals surface area contributed by atoms with Gasteiger partial charge in [-0.05, 0) is 74.2 Å². The van der Waals surface area contributed by atoms with E-state index in [0.717, 1.165) is 11.1 Å². The van der Waals surface area contributed by atoms with E-state index in [1.54, 1.807) is 57.2 Å². The molecule has 0 heterocycles. The zero-order valence-electron chi connectivity index (χ0n) is 18.7. The molecule has 0 saturated carbocycles. The van der Waals surface area contributed by atoms with Gasteiger partial charge in [0, 0.05) is 12.0 Å². The molecule has 0 fully saturated rings. The molecule has 3 N–H and O–H groups in total. The number of nitrogens with one attached hydrogen (secondary N) is 2. The van der Waals surface area contributed by atoms with Crippen molar-refractivity contribution in [1.82, 2.24) is 0 Å². The van der Waals surface area contributed by atoms with Gasteiger partial charge in [0.15, 0.2) is 5.78 Å². The van der Waals surface area contributed by atoms with Gasteiger partial charge >= 0.3 is 12.1 Å². The third kappa shape index (κ3) is 6.77. The fourth-order valence-corrected chi connectivity index (χ4v) is 3.34. The number of hydrogen-bond acceptors (Lipinski definition) is 5. The second kappa shape index (κ2) is 9.68. The Labute approximate surface area is 191 Å². The number of allylic oxidation sites excluding steroid dienone is 2. The van der Waals surface area contributed by atoms with Gasteiger partial charge in [-0.1, -0.05) is 18.2 Å². The fourth-order valence-electron chi connectivity index (χ4n) is 3.34. The predicted molar refractivity (Wildman–Crippen MR) is 124 cm³/mol. The van der Waals surface area contributed by atoms with Crippen molar-refractivity contribution >= 4 is 40.7 Å². The van der Waals surface area contributed by atoms with Crippen molar-refractivity contribution in [3.8, 4) is 0 Å². The van der Waals surface area contributed by atoms with Crippen LogP contribution in [0.25, 0.3) is 5.57 Å². The van der Waals surface area contributed by atoms with Crippen LogP contribution in [0.5, 0.6) is 0 Å². The monoisotopic (exact) mass is 450 g/mol. The van der Waals surface area contributed by atoms with Crippen molar-refractivity contribution in [2.24, 2.45) is 0 Å². The Hall–Kier alpha value is -3.94. The molecular weight excluding hydrogens is 424 g/mol. The lowest BCUT2D eigenvalue weighted by Crippen LogP contribution is -2.27. The Morgan fingerprint density at radius 1 is 0.970 bits per heavy atom. The van der Waals surface area contributed by atoms with E-state index in [9.17, 15) is 19.2 Å². The number of ether oxygens (including phenoxy) is 1. The van der Waals surface area contributed by atoms with Crippen LogP contribution in [0.1, 0.15) is 55.1 Å². The zero-order valence-corrected chi connectivity index (χ0v) is 18.7. The van der Waals surface area contributed by atoms with Gasteiger partial charge in [-0.25, -0.2) is 4.79 Å². The van der Waals surface area contributed by atoms with Crippen LogP contribution in [-0.4, -0.2) is 34.5 Å². The van der Waals surface area contributed by atoms with Gasteiger partial charge in [0.25, 0.3) is 5.91 Å². The number of hydrogen-bond donors (Lipinski definition) is 3. The van der Waals surface area contributed by atoms with Gasteiger partial charge in [0.2, 0.25) is 0 Å². The standard InChI is InChI=1S/C25H26N2O6/c1-25(2,3)33-24(32)27-20-11-9-18(17-8-10-19(28)13-17)14-21(20)26-23(31)16-6-4-15(5-7-16)12-22(29)30/h4-7,9,11,13-14H,8,10,12H2,1-3H3,(H,26,31)(H,27,32)(H,29,30). The molecule has 0 bridgehead atoms. The van der Waals surface area contributed by atoms with Gasteiger partial charge < -0.3 is 15.2 Å². The molecule has 8 heteroatoms. The first-order valence-electron chi connectivity index (χ1n) is 10.5. The van der Waals surface area contributed by atoms with E-state index >= 15 is 0 Å². The number of carbonyl (C=O) groups is 4. The summed E-state index contributed by atoms with van der Waals surface area (Å²) in [6, 6.07) is 11.4. The molecular formula is C25H26N2O6. The number of aliphatic carboxylic acids is 1. The molecule has 0 atom stereocenters. The average Bonchev–Trinajstić information content (AvgIpc) is 3.14. The summed E-state index contributed by atoms with van der Waals surface area (Å²) in [5.41, 5.74) is 2.52. The van der Waals surface area contributed by atoms with Gasteiger partial charge in [0.05, 0.1) is 17.8 Å². The number of carboxylic acid groups (broad SMARTS) is 1. The number of carbonyl (C=O) groups excluding carboxylic acids is 3. The molecule has 2 aromatic rings. The maximum atomic E-state index is 12.9. The first-order valence-corrected chi connectivity index (χ1v) is 10.5. The van der Waals surface area contributed by atoms with Crippen molar-refractivity contribution in [1.29, 1.82) is 0 Å². The van der Waals surface area contributed by atoms with E-state index in [2.05, 4.69) is 10.6 Å². The van der Waals surface area contributed by atoms with Crippen molar-refractivity contribution in [3.63, 3.8) is 0 Å². The lowest BCUT2D eigenvalue weighted by Gasteiger charge is -2.21. The Balaban J connectivity index is 1.86. The van der Waals surface area contributed by atoms with Crippen LogP contribution in [0.15, 0.2) is 48.5 Å². The zero-order chi connectivity index (χ0) is 24.2. The summed E-state index contributed by atoms with van der Waals surface area (Å²) in [6.45, 7) is 5.24. The molecule has 1 aliphatic rings. The summed E-state index contributed by atoms with van der Waals surface area (Å²) in [4.78, 5) is 47.7. The Morgan fingerprint density at radius 2 is 1.67 bits per heavy atom. The van der Waals surface area contributed by atoms with Crippen molar-refractivity contribution in [2.75, 3.05) is 10.6 Å². The van der Waals surface area contributed by atoms with Crippen molar-refractivity contribution in [2.45, 2.75) is 45.6 Å². The van der Waals surface area contributed by atoms with E-state index in [1.165, 1.54) is 12.1 Å². The molecule has 0 aromatic heterocycles. The summed E-state index contributed by atoms with van der Waals surface area (Å²) in [6.07, 6.45) is 1.83. The third-order valence-corrected chi connectivity index (χ3v) is 4.82. The maximum Gasteiger partial charge on any atom is 0.412 e. The number of benzene rings is 2. The highest BCUT2D eigenvalue weighted by Gasteiger charge is 2.20. The van der Waals surface area contributed by atoms with Crippen LogP contribution in [-0.2, 0) is 20.7 Å². The number of ketones is 1. The summed E-state index contributed by atoms with van der Waals surface area (Å²) in [5.74, 6) is -1.34. The minimum atomic E-state index is -0.957. The lowest BCUT2D eigenvalue weighted by atomic mass is 10.0. The molecule has 2 amide bonds. The SMILES string of the molecule is CC(C)(C)OC(=O)Nc1ccc(C2=CC(=O)CC2)cc1NC(=O)c1ccc(CC(=O)O)cc1. The molecule has 0 unspecified atom stereocenters. The Bertz CT molecular complexity index is 1130. The fraction of sp³-hybridized carbons (Fsp3) is 0.280. The van der Waals surface area contributed by atoms with Crippen LogP contribution in [0.4, 0.5) is 16.2 Å². The van der Waals surface area contributed by atoms with Crippen LogP contribution in [0.2, 0.25) is 0 Å². The highest BCUT2D eigenvalue weighted by atomic mass is 16.6. The lowest BCUT2D eigenvalue weighted by molar-refractivity contribution is -0.136. The normalized spacial score (nSPS) is 13.3. The number of rotatable bonds is 6. The Kier molecular flexibility index (Phi) is 6.96. The van der Waals surface area contributed by atoms with Crippen LogP contribution < -0.4 is 10.6 Å². The topological polar surface area (TPSA) is 122 Å². The Morgan fingerprint density at radius 3 is 2.24 bits per heavy atom. The van der Waals surface area contributed by atoms with Gasteiger partial charge in [-0.3, -0.25) is 19.7 Å². The first kappa shape index (κ1) is 23.7. The van der Waals surface area contributed by atoms with Crippen LogP contribution in [0, 0.1) is 0 Å². The van der Waals surface area contributed by atoms with E-state index in [0.29, 0.717) is 35.3 Å². The van der Waals surface area contributed by atoms with E-state index in [4.69, 9.17) is 9.84 Å². The number of amides is 2. The van der Waals surface area contributed by atoms with Crippen molar-refractivity contribution < 1.29 is 29.0 Å². The highest BCUT2D eigenvalue weighted by Crippen LogP contribution is 2.32. The minimum Gasteiger partial charge on any atom is -0.481 e. The molecule has 0 radical (unpaired) electrons. The summed E-state index contributed by atoms with van der Waals surface area (Å²) in [7, 11) is 0. The van der Waals surface area contributed by atoms with Gasteiger partial charge in [-0.2, -0.15) is 0 Å². The summed E-state index contributed by atoms with van der Waals surface area (Å²) in [5, 5.41) is 14.3.